The Kier molecular flexibility index (Phi) is 6.68. The van der Waals surface area contributed by atoms with E-state index in [1.807, 2.05) is 12.1 Å². The van der Waals surface area contributed by atoms with Gasteiger partial charge in [0.15, 0.2) is 0 Å². The van der Waals surface area contributed by atoms with E-state index in [0.717, 1.165) is 49.3 Å². The monoisotopic (exact) mass is 432 g/mol. The predicted molar refractivity (Wildman–Crippen MR) is 113 cm³/mol. The zero-order valence-electron chi connectivity index (χ0n) is 17.7. The maximum absolute atomic E-state index is 14.4. The third-order valence-electron chi connectivity index (χ3n) is 6.90. The van der Waals surface area contributed by atoms with E-state index in [1.165, 1.54) is 6.07 Å². The average Bonchev–Trinajstić information content (AvgIpc) is 2.73. The van der Waals surface area contributed by atoms with Gasteiger partial charge in [-0.15, -0.1) is 0 Å². The fraction of sp³-hybridized carbons (Fsp3) is 0.462. The molecular formula is C26H28F4O. The molecule has 1 saturated carbocycles. The summed E-state index contributed by atoms with van der Waals surface area (Å²) in [6, 6.07) is 9.42. The molecule has 0 amide bonds. The smallest absolute Gasteiger partial charge is 0.387 e. The highest BCUT2D eigenvalue weighted by molar-refractivity contribution is 5.39. The summed E-state index contributed by atoms with van der Waals surface area (Å²) >= 11 is 0. The van der Waals surface area contributed by atoms with Crippen molar-refractivity contribution in [2.75, 3.05) is 0 Å². The van der Waals surface area contributed by atoms with E-state index in [9.17, 15) is 17.6 Å². The van der Waals surface area contributed by atoms with Gasteiger partial charge in [-0.2, -0.15) is 8.78 Å². The first-order valence-corrected chi connectivity index (χ1v) is 11.2. The third kappa shape index (κ3) is 4.65. The van der Waals surface area contributed by atoms with Gasteiger partial charge in [0.05, 0.1) is 0 Å². The van der Waals surface area contributed by atoms with E-state index >= 15 is 0 Å². The quantitative estimate of drug-likeness (QED) is 0.335. The molecule has 4 rings (SSSR count). The average molecular weight is 433 g/mol. The van der Waals surface area contributed by atoms with Gasteiger partial charge in [0.2, 0.25) is 0 Å². The minimum atomic E-state index is -2.85. The highest BCUT2D eigenvalue weighted by atomic mass is 19.3. The fourth-order valence-corrected chi connectivity index (χ4v) is 5.65. The molecule has 0 spiro atoms. The van der Waals surface area contributed by atoms with Crippen LogP contribution in [-0.2, 0) is 6.42 Å². The molecule has 0 aromatic heterocycles. The van der Waals surface area contributed by atoms with Crippen molar-refractivity contribution >= 4 is 0 Å². The Morgan fingerprint density at radius 1 is 1.06 bits per heavy atom. The summed E-state index contributed by atoms with van der Waals surface area (Å²) in [5.41, 5.74) is 2.54. The van der Waals surface area contributed by atoms with Crippen molar-refractivity contribution in [2.24, 2.45) is 11.8 Å². The van der Waals surface area contributed by atoms with Crippen LogP contribution in [0.3, 0.4) is 0 Å². The third-order valence-corrected chi connectivity index (χ3v) is 6.90. The molecular weight excluding hydrogens is 404 g/mol. The molecule has 166 valence electrons. The van der Waals surface area contributed by atoms with Crippen molar-refractivity contribution < 1.29 is 22.3 Å². The second-order valence-electron chi connectivity index (χ2n) is 8.70. The number of allylic oxidation sites excluding steroid dienone is 2. The Morgan fingerprint density at radius 2 is 1.84 bits per heavy atom. The number of unbranched alkanes of at least 4 members (excludes halogenated alkanes) is 1. The van der Waals surface area contributed by atoms with E-state index in [-0.39, 0.29) is 23.5 Å². The fourth-order valence-electron chi connectivity index (χ4n) is 5.65. The minimum absolute atomic E-state index is 0.103. The molecule has 0 N–H and O–H groups in total. The predicted octanol–water partition coefficient (Wildman–Crippen LogP) is 7.76. The lowest BCUT2D eigenvalue weighted by atomic mass is 9.58. The van der Waals surface area contributed by atoms with Crippen LogP contribution in [-0.4, -0.2) is 6.61 Å². The number of rotatable bonds is 6. The molecule has 2 aliphatic carbocycles. The number of ether oxygens (including phenoxy) is 1. The van der Waals surface area contributed by atoms with Gasteiger partial charge in [-0.25, -0.2) is 8.78 Å². The van der Waals surface area contributed by atoms with Crippen LogP contribution < -0.4 is 4.74 Å². The highest BCUT2D eigenvalue weighted by Crippen LogP contribution is 2.54. The second-order valence-corrected chi connectivity index (χ2v) is 8.70. The zero-order chi connectivity index (χ0) is 22.0. The summed E-state index contributed by atoms with van der Waals surface area (Å²) in [5.74, 6) is 0.0200. The Morgan fingerprint density at radius 3 is 2.55 bits per heavy atom. The summed E-state index contributed by atoms with van der Waals surface area (Å²) in [6.07, 6.45) is 9.85. The molecule has 5 heteroatoms. The molecule has 1 fully saturated rings. The van der Waals surface area contributed by atoms with Crippen LogP contribution >= 0.6 is 0 Å². The van der Waals surface area contributed by atoms with Crippen molar-refractivity contribution in [3.8, 4) is 5.75 Å². The first kappa shape index (κ1) is 21.9. The van der Waals surface area contributed by atoms with Gasteiger partial charge >= 0.3 is 6.61 Å². The summed E-state index contributed by atoms with van der Waals surface area (Å²) in [5, 5.41) is 0. The molecule has 0 heterocycles. The summed E-state index contributed by atoms with van der Waals surface area (Å²) in [4.78, 5) is 0. The van der Waals surface area contributed by atoms with Gasteiger partial charge in [-0.1, -0.05) is 37.6 Å². The molecule has 2 aliphatic rings. The van der Waals surface area contributed by atoms with Crippen molar-refractivity contribution in [1.82, 2.24) is 0 Å². The van der Waals surface area contributed by atoms with Gasteiger partial charge in [0.1, 0.15) is 17.4 Å². The molecule has 31 heavy (non-hydrogen) atoms. The molecule has 0 bridgehead atoms. The summed E-state index contributed by atoms with van der Waals surface area (Å²) in [6.45, 7) is -0.712. The lowest BCUT2D eigenvalue weighted by Gasteiger charge is -2.46. The number of hydrogen-bond donors (Lipinski definition) is 0. The zero-order valence-corrected chi connectivity index (χ0v) is 17.7. The van der Waals surface area contributed by atoms with Crippen molar-refractivity contribution in [3.63, 3.8) is 0 Å². The van der Waals surface area contributed by atoms with Gasteiger partial charge in [0.25, 0.3) is 0 Å². The molecule has 0 saturated heterocycles. The van der Waals surface area contributed by atoms with Crippen molar-refractivity contribution in [3.05, 3.63) is 76.9 Å². The van der Waals surface area contributed by atoms with E-state index in [0.29, 0.717) is 17.9 Å². The van der Waals surface area contributed by atoms with Crippen LogP contribution in [0.2, 0.25) is 0 Å². The van der Waals surface area contributed by atoms with Crippen LogP contribution in [0, 0.1) is 23.5 Å². The Labute approximate surface area is 181 Å². The maximum Gasteiger partial charge on any atom is 0.387 e. The molecule has 0 unspecified atom stereocenters. The molecule has 2 aromatic rings. The first-order chi connectivity index (χ1) is 15.0. The van der Waals surface area contributed by atoms with Gasteiger partial charge in [-0.05, 0) is 90.7 Å². The molecule has 0 aliphatic heterocycles. The van der Waals surface area contributed by atoms with Crippen molar-refractivity contribution in [2.45, 2.75) is 63.9 Å². The Bertz CT molecular complexity index is 922. The van der Waals surface area contributed by atoms with Gasteiger partial charge in [-0.3, -0.25) is 0 Å². The van der Waals surface area contributed by atoms with Crippen LogP contribution in [0.5, 0.6) is 5.75 Å². The standard InChI is InChI=1S/C26H28F4O/c1-2-3-4-5-16-8-11-20-22(13-12-21-23(20)14-18(27)15-24(21)28)25(16)17-6-9-19(10-7-17)31-26(29)30/h4-7,9-10,14-16,20,22,25-26H,2-3,8,11-13H2,1H3/b5-4+/t16-,20-,22+,25-/m1/s1. The van der Waals surface area contributed by atoms with Crippen LogP contribution in [0.15, 0.2) is 48.6 Å². The van der Waals surface area contributed by atoms with Crippen molar-refractivity contribution in [1.29, 1.82) is 0 Å². The van der Waals surface area contributed by atoms with Crippen LogP contribution in [0.25, 0.3) is 0 Å². The number of benzene rings is 2. The molecule has 0 radical (unpaired) electrons. The second kappa shape index (κ2) is 9.46. The first-order valence-electron chi connectivity index (χ1n) is 11.2. The lowest BCUT2D eigenvalue weighted by molar-refractivity contribution is -0.0498. The van der Waals surface area contributed by atoms with Gasteiger partial charge < -0.3 is 4.74 Å². The van der Waals surface area contributed by atoms with E-state index < -0.39 is 18.2 Å². The van der Waals surface area contributed by atoms with E-state index in [4.69, 9.17) is 0 Å². The van der Waals surface area contributed by atoms with Gasteiger partial charge in [0, 0.05) is 6.07 Å². The SMILES string of the molecule is CCC/C=C/[C@@H]1CC[C@H]2c3cc(F)cc(F)c3CC[C@@H]2[C@H]1c1ccc(OC(F)F)cc1. The van der Waals surface area contributed by atoms with E-state index in [2.05, 4.69) is 23.8 Å². The largest absolute Gasteiger partial charge is 0.435 e. The number of fused-ring (bicyclic) bond motifs is 3. The highest BCUT2D eigenvalue weighted by Gasteiger charge is 2.43. The molecule has 2 aromatic carbocycles. The van der Waals surface area contributed by atoms with Crippen LogP contribution in [0.1, 0.15) is 67.6 Å². The number of hydrogen-bond acceptors (Lipinski definition) is 1. The topological polar surface area (TPSA) is 9.23 Å². The molecule has 4 atom stereocenters. The number of halogens is 4. The Hall–Kier alpha value is -2.30. The normalized spacial score (nSPS) is 25.5. The maximum atomic E-state index is 14.4. The minimum Gasteiger partial charge on any atom is -0.435 e. The summed E-state index contributed by atoms with van der Waals surface area (Å²) in [7, 11) is 0. The number of alkyl halides is 2. The van der Waals surface area contributed by atoms with Crippen LogP contribution in [0.4, 0.5) is 17.6 Å². The molecule has 1 nitrogen and oxygen atoms in total. The Balaban J connectivity index is 1.69. The lowest BCUT2D eigenvalue weighted by Crippen LogP contribution is -2.35. The van der Waals surface area contributed by atoms with E-state index in [1.54, 1.807) is 12.1 Å². The summed E-state index contributed by atoms with van der Waals surface area (Å²) < 4.78 is 58.1.